The molecule has 4 aromatic rings. The van der Waals surface area contributed by atoms with Crippen LogP contribution in [0.3, 0.4) is 0 Å². The summed E-state index contributed by atoms with van der Waals surface area (Å²) < 4.78 is 5.73. The molecule has 0 aliphatic rings. The van der Waals surface area contributed by atoms with Crippen molar-refractivity contribution < 1.29 is 9.21 Å². The number of pyridine rings is 1. The summed E-state index contributed by atoms with van der Waals surface area (Å²) in [6, 6.07) is 16.2. The number of nitrogens with one attached hydrogen (secondary N) is 1. The summed E-state index contributed by atoms with van der Waals surface area (Å²) in [6.45, 7) is 1.89. The Hall–Kier alpha value is -3.18. The van der Waals surface area contributed by atoms with Gasteiger partial charge in [-0.3, -0.25) is 4.79 Å². The largest absolute Gasteiger partial charge is 0.434 e. The molecule has 128 valence electrons. The smallest absolute Gasteiger partial charge is 0.255 e. The average molecular weight is 364 g/mol. The molecule has 0 atom stereocenters. The number of carbonyl (C=O) groups is 1. The number of anilines is 1. The SMILES string of the molecule is Cc1ccccc1C(=O)Nc1cc(-c2nc3ncccc3o2)ccc1Cl. The van der Waals surface area contributed by atoms with Crippen molar-refractivity contribution in [3.05, 3.63) is 76.9 Å². The lowest BCUT2D eigenvalue weighted by molar-refractivity contribution is 0.102. The number of oxazole rings is 1. The molecule has 0 aliphatic heterocycles. The van der Waals surface area contributed by atoms with Crippen LogP contribution >= 0.6 is 11.6 Å². The molecule has 2 heterocycles. The molecule has 1 N–H and O–H groups in total. The molecular weight excluding hydrogens is 350 g/mol. The summed E-state index contributed by atoms with van der Waals surface area (Å²) in [5.74, 6) is 0.197. The minimum absolute atomic E-state index is 0.221. The second kappa shape index (κ2) is 6.61. The van der Waals surface area contributed by atoms with Crippen molar-refractivity contribution in [2.45, 2.75) is 6.92 Å². The molecule has 0 saturated carbocycles. The number of nitrogens with zero attached hydrogens (tertiary/aromatic N) is 2. The van der Waals surface area contributed by atoms with E-state index in [0.717, 1.165) is 5.56 Å². The Morgan fingerprint density at radius 3 is 2.77 bits per heavy atom. The van der Waals surface area contributed by atoms with Crippen molar-refractivity contribution in [1.82, 2.24) is 9.97 Å². The van der Waals surface area contributed by atoms with Gasteiger partial charge in [0.15, 0.2) is 11.2 Å². The maximum absolute atomic E-state index is 12.6. The average Bonchev–Trinajstić information content (AvgIpc) is 3.08. The van der Waals surface area contributed by atoms with Crippen molar-refractivity contribution in [1.29, 1.82) is 0 Å². The number of aromatic nitrogens is 2. The Balaban J connectivity index is 1.68. The quantitative estimate of drug-likeness (QED) is 0.549. The molecule has 0 saturated heterocycles. The number of aryl methyl sites for hydroxylation is 1. The van der Waals surface area contributed by atoms with Crippen LogP contribution in [-0.4, -0.2) is 15.9 Å². The third kappa shape index (κ3) is 3.05. The molecule has 1 amide bonds. The number of hydrogen-bond acceptors (Lipinski definition) is 4. The maximum Gasteiger partial charge on any atom is 0.255 e. The lowest BCUT2D eigenvalue weighted by Gasteiger charge is -2.10. The topological polar surface area (TPSA) is 68.0 Å². The number of amides is 1. The van der Waals surface area contributed by atoms with E-state index >= 15 is 0 Å². The Bertz CT molecular complexity index is 1090. The minimum atomic E-state index is -0.221. The fourth-order valence-electron chi connectivity index (χ4n) is 2.66. The molecule has 0 unspecified atom stereocenters. The van der Waals surface area contributed by atoms with Gasteiger partial charge in [0.2, 0.25) is 5.89 Å². The molecule has 2 aromatic carbocycles. The predicted molar refractivity (Wildman–Crippen MR) is 101 cm³/mol. The first-order chi connectivity index (χ1) is 12.6. The molecule has 0 aliphatic carbocycles. The summed E-state index contributed by atoms with van der Waals surface area (Å²) in [7, 11) is 0. The lowest BCUT2D eigenvalue weighted by Crippen LogP contribution is -2.13. The van der Waals surface area contributed by atoms with E-state index in [-0.39, 0.29) is 5.91 Å². The number of halogens is 1. The Kier molecular flexibility index (Phi) is 4.14. The van der Waals surface area contributed by atoms with Crippen LogP contribution in [0.15, 0.2) is 65.2 Å². The molecule has 6 heteroatoms. The van der Waals surface area contributed by atoms with Crippen LogP contribution in [-0.2, 0) is 0 Å². The van der Waals surface area contributed by atoms with Gasteiger partial charge >= 0.3 is 0 Å². The molecule has 2 aromatic heterocycles. The third-order valence-electron chi connectivity index (χ3n) is 4.02. The van der Waals surface area contributed by atoms with E-state index in [1.807, 2.05) is 25.1 Å². The normalized spacial score (nSPS) is 10.8. The van der Waals surface area contributed by atoms with Gasteiger partial charge in [0.1, 0.15) is 0 Å². The standard InChI is InChI=1S/C20H14ClN3O2/c1-12-5-2-3-6-14(12)19(25)23-16-11-13(8-9-15(16)21)20-24-18-17(26-20)7-4-10-22-18/h2-11H,1H3,(H,23,25). The van der Waals surface area contributed by atoms with Crippen LogP contribution in [0.1, 0.15) is 15.9 Å². The van der Waals surface area contributed by atoms with Gasteiger partial charge in [-0.1, -0.05) is 29.8 Å². The van der Waals surface area contributed by atoms with Crippen LogP contribution in [0.2, 0.25) is 5.02 Å². The van der Waals surface area contributed by atoms with Gasteiger partial charge < -0.3 is 9.73 Å². The molecular formula is C20H14ClN3O2. The fourth-order valence-corrected chi connectivity index (χ4v) is 2.83. The maximum atomic E-state index is 12.6. The number of carbonyl (C=O) groups excluding carboxylic acids is 1. The van der Waals surface area contributed by atoms with Gasteiger partial charge in [0.05, 0.1) is 10.7 Å². The Morgan fingerprint density at radius 2 is 1.96 bits per heavy atom. The first-order valence-electron chi connectivity index (χ1n) is 8.00. The van der Waals surface area contributed by atoms with Gasteiger partial charge in [0, 0.05) is 17.3 Å². The van der Waals surface area contributed by atoms with Crippen LogP contribution in [0.5, 0.6) is 0 Å². The van der Waals surface area contributed by atoms with Crippen molar-refractivity contribution in [3.63, 3.8) is 0 Å². The molecule has 0 radical (unpaired) electrons. The van der Waals surface area contributed by atoms with Crippen molar-refractivity contribution in [2.75, 3.05) is 5.32 Å². The highest BCUT2D eigenvalue weighted by atomic mass is 35.5. The minimum Gasteiger partial charge on any atom is -0.434 e. The highest BCUT2D eigenvalue weighted by molar-refractivity contribution is 6.34. The third-order valence-corrected chi connectivity index (χ3v) is 4.35. The zero-order chi connectivity index (χ0) is 18.1. The van der Waals surface area contributed by atoms with Crippen molar-refractivity contribution >= 4 is 34.4 Å². The number of hydrogen-bond donors (Lipinski definition) is 1. The Morgan fingerprint density at radius 1 is 1.12 bits per heavy atom. The molecule has 5 nitrogen and oxygen atoms in total. The van der Waals surface area contributed by atoms with E-state index in [1.54, 1.807) is 42.6 Å². The Labute approximate surface area is 154 Å². The van der Waals surface area contributed by atoms with Gasteiger partial charge in [-0.15, -0.1) is 0 Å². The van der Waals surface area contributed by atoms with E-state index in [1.165, 1.54) is 0 Å². The van der Waals surface area contributed by atoms with Gasteiger partial charge in [0.25, 0.3) is 5.91 Å². The van der Waals surface area contributed by atoms with Crippen LogP contribution < -0.4 is 5.32 Å². The van der Waals surface area contributed by atoms with Gasteiger partial charge in [-0.2, -0.15) is 4.98 Å². The van der Waals surface area contributed by atoms with E-state index in [9.17, 15) is 4.79 Å². The van der Waals surface area contributed by atoms with Crippen LogP contribution in [0.4, 0.5) is 5.69 Å². The van der Waals surface area contributed by atoms with Gasteiger partial charge in [-0.05, 0) is 48.9 Å². The monoisotopic (exact) mass is 363 g/mol. The molecule has 26 heavy (non-hydrogen) atoms. The van der Waals surface area contributed by atoms with E-state index in [4.69, 9.17) is 16.0 Å². The molecule has 0 fully saturated rings. The summed E-state index contributed by atoms with van der Waals surface area (Å²) in [4.78, 5) is 21.1. The lowest BCUT2D eigenvalue weighted by atomic mass is 10.1. The van der Waals surface area contributed by atoms with E-state index in [2.05, 4.69) is 15.3 Å². The fraction of sp³-hybridized carbons (Fsp3) is 0.0500. The predicted octanol–water partition coefficient (Wildman–Crippen LogP) is 5.10. The summed E-state index contributed by atoms with van der Waals surface area (Å²) in [5, 5.41) is 3.29. The molecule has 4 rings (SSSR count). The van der Waals surface area contributed by atoms with Crippen LogP contribution in [0, 0.1) is 6.92 Å². The zero-order valence-corrected chi connectivity index (χ0v) is 14.6. The second-order valence-electron chi connectivity index (χ2n) is 5.81. The van der Waals surface area contributed by atoms with Crippen molar-refractivity contribution in [3.8, 4) is 11.5 Å². The first-order valence-corrected chi connectivity index (χ1v) is 8.38. The highest BCUT2D eigenvalue weighted by Gasteiger charge is 2.14. The van der Waals surface area contributed by atoms with Gasteiger partial charge in [-0.25, -0.2) is 4.98 Å². The summed E-state index contributed by atoms with van der Waals surface area (Å²) in [5.41, 5.74) is 3.81. The number of benzene rings is 2. The highest BCUT2D eigenvalue weighted by Crippen LogP contribution is 2.30. The summed E-state index contributed by atoms with van der Waals surface area (Å²) >= 11 is 6.26. The second-order valence-corrected chi connectivity index (χ2v) is 6.22. The number of fused-ring (bicyclic) bond motifs is 1. The van der Waals surface area contributed by atoms with E-state index < -0.39 is 0 Å². The van der Waals surface area contributed by atoms with Crippen molar-refractivity contribution in [2.24, 2.45) is 0 Å². The first kappa shape index (κ1) is 16.3. The van der Waals surface area contributed by atoms with E-state index in [0.29, 0.717) is 39.0 Å². The molecule has 0 spiro atoms. The summed E-state index contributed by atoms with van der Waals surface area (Å²) in [6.07, 6.45) is 1.66. The van der Waals surface area contributed by atoms with Crippen LogP contribution in [0.25, 0.3) is 22.7 Å². The number of rotatable bonds is 3. The molecule has 0 bridgehead atoms. The zero-order valence-electron chi connectivity index (χ0n) is 13.9.